The monoisotopic (exact) mass is 515 g/mol. The van der Waals surface area contributed by atoms with E-state index < -0.39 is 10.0 Å². The van der Waals surface area contributed by atoms with Crippen LogP contribution >= 0.6 is 0 Å². The Morgan fingerprint density at radius 2 is 1.67 bits per heavy atom. The van der Waals surface area contributed by atoms with Crippen LogP contribution in [0.5, 0.6) is 17.2 Å². The molecule has 0 saturated carbocycles. The zero-order valence-electron chi connectivity index (χ0n) is 20.7. The first-order valence-electron chi connectivity index (χ1n) is 11.6. The molecule has 0 radical (unpaired) electrons. The van der Waals surface area contributed by atoms with Gasteiger partial charge in [-0.25, -0.2) is 22.5 Å². The van der Waals surface area contributed by atoms with Crippen molar-refractivity contribution in [2.24, 2.45) is 5.14 Å². The molecular weight excluding hydrogens is 483 g/mol. The van der Waals surface area contributed by atoms with E-state index >= 15 is 0 Å². The van der Waals surface area contributed by atoms with Crippen molar-refractivity contribution < 1.29 is 31.6 Å². The lowest BCUT2D eigenvalue weighted by Gasteiger charge is -2.15. The molecule has 0 amide bonds. The molecule has 0 aliphatic heterocycles. The van der Waals surface area contributed by atoms with Gasteiger partial charge in [-0.1, -0.05) is 18.2 Å². The van der Waals surface area contributed by atoms with Gasteiger partial charge in [-0.15, -0.1) is 0 Å². The van der Waals surface area contributed by atoms with Crippen LogP contribution in [0.25, 0.3) is 0 Å². The van der Waals surface area contributed by atoms with Gasteiger partial charge in [0.25, 0.3) is 0 Å². The normalized spacial score (nSPS) is 12.8. The molecule has 7 nitrogen and oxygen atoms in total. The van der Waals surface area contributed by atoms with Crippen LogP contribution in [0, 0.1) is 5.82 Å². The first kappa shape index (κ1) is 27.2. The summed E-state index contributed by atoms with van der Waals surface area (Å²) < 4.78 is 56.4. The SMILES string of the molecule is CCOc1ccccc1OCC[N+](=Cc1ccc(F)cc1)C(C)Cc1ccc(OC)c(S(N)(=O)=O)c1. The van der Waals surface area contributed by atoms with Gasteiger partial charge in [0, 0.05) is 12.0 Å². The molecule has 192 valence electrons. The van der Waals surface area contributed by atoms with Gasteiger partial charge in [0.2, 0.25) is 10.0 Å². The third-order valence-electron chi connectivity index (χ3n) is 5.57. The predicted octanol–water partition coefficient (Wildman–Crippen LogP) is 4.02. The maximum Gasteiger partial charge on any atom is 0.241 e. The van der Waals surface area contributed by atoms with Crippen LogP contribution in [-0.2, 0) is 16.4 Å². The fourth-order valence-electron chi connectivity index (χ4n) is 3.79. The summed E-state index contributed by atoms with van der Waals surface area (Å²) in [5.74, 6) is 1.22. The second-order valence-electron chi connectivity index (χ2n) is 8.23. The number of halogens is 1. The Balaban J connectivity index is 1.83. The third kappa shape index (κ3) is 7.53. The Hall–Kier alpha value is -3.43. The minimum atomic E-state index is -3.94. The Kier molecular flexibility index (Phi) is 9.44. The standard InChI is InChI=1S/C27H32FN2O5S/c1-4-34-24-7-5-6-8-25(24)35-16-15-30(19-21-9-12-23(28)13-10-21)20(2)17-22-11-14-26(33-3)27(18-22)36(29,31)32/h5-14,18-20H,4,15-17H2,1-3H3,(H2,29,31,32)/q+1. The van der Waals surface area contributed by atoms with Crippen molar-refractivity contribution in [1.82, 2.24) is 0 Å². The molecule has 0 fully saturated rings. The minimum absolute atomic E-state index is 0.0532. The van der Waals surface area contributed by atoms with Crippen LogP contribution in [0.1, 0.15) is 25.0 Å². The Morgan fingerprint density at radius 3 is 2.28 bits per heavy atom. The van der Waals surface area contributed by atoms with Gasteiger partial charge in [0.1, 0.15) is 23.1 Å². The van der Waals surface area contributed by atoms with Crippen LogP contribution in [0.4, 0.5) is 4.39 Å². The number of hydrogen-bond acceptors (Lipinski definition) is 5. The van der Waals surface area contributed by atoms with Crippen LogP contribution < -0.4 is 19.3 Å². The van der Waals surface area contributed by atoms with Gasteiger partial charge in [-0.3, -0.25) is 0 Å². The van der Waals surface area contributed by atoms with Gasteiger partial charge in [-0.05, 0) is 67.9 Å². The van der Waals surface area contributed by atoms with Gasteiger partial charge in [-0.2, -0.15) is 0 Å². The number of primary sulfonamides is 1. The van der Waals surface area contributed by atoms with Crippen molar-refractivity contribution in [3.63, 3.8) is 0 Å². The molecule has 9 heteroatoms. The smallest absolute Gasteiger partial charge is 0.241 e. The average Bonchev–Trinajstić information content (AvgIpc) is 2.85. The first-order valence-corrected chi connectivity index (χ1v) is 13.2. The largest absolute Gasteiger partial charge is 0.495 e. The molecule has 36 heavy (non-hydrogen) atoms. The summed E-state index contributed by atoms with van der Waals surface area (Å²) in [6.45, 7) is 5.37. The number of para-hydroxylation sites is 2. The molecule has 2 N–H and O–H groups in total. The Morgan fingerprint density at radius 1 is 1.00 bits per heavy atom. The predicted molar refractivity (Wildman–Crippen MR) is 137 cm³/mol. The van der Waals surface area contributed by atoms with E-state index in [-0.39, 0.29) is 22.5 Å². The maximum atomic E-state index is 13.4. The van der Waals surface area contributed by atoms with Crippen LogP contribution in [0.2, 0.25) is 0 Å². The summed E-state index contributed by atoms with van der Waals surface area (Å²) in [6.07, 6.45) is 2.46. The summed E-state index contributed by atoms with van der Waals surface area (Å²) in [4.78, 5) is -0.0559. The van der Waals surface area contributed by atoms with E-state index in [1.807, 2.05) is 50.4 Å². The zero-order valence-corrected chi connectivity index (χ0v) is 21.5. The van der Waals surface area contributed by atoms with E-state index in [4.69, 9.17) is 19.3 Å². The highest BCUT2D eigenvalue weighted by atomic mass is 32.2. The fraction of sp³-hybridized carbons (Fsp3) is 0.296. The molecule has 0 bridgehead atoms. The van der Waals surface area contributed by atoms with Crippen molar-refractivity contribution in [3.8, 4) is 17.2 Å². The van der Waals surface area contributed by atoms with E-state index in [1.54, 1.807) is 18.2 Å². The van der Waals surface area contributed by atoms with E-state index in [0.29, 0.717) is 37.7 Å². The molecule has 0 aliphatic rings. The summed E-state index contributed by atoms with van der Waals surface area (Å²) in [5.41, 5.74) is 1.62. The van der Waals surface area contributed by atoms with Gasteiger partial charge < -0.3 is 14.2 Å². The van der Waals surface area contributed by atoms with E-state index in [9.17, 15) is 12.8 Å². The highest BCUT2D eigenvalue weighted by molar-refractivity contribution is 7.89. The lowest BCUT2D eigenvalue weighted by Crippen LogP contribution is -2.31. The number of nitrogens with two attached hydrogens (primary N) is 1. The highest BCUT2D eigenvalue weighted by Gasteiger charge is 2.21. The van der Waals surface area contributed by atoms with Crippen molar-refractivity contribution in [2.45, 2.75) is 31.2 Å². The summed E-state index contributed by atoms with van der Waals surface area (Å²) in [7, 11) is -2.55. The van der Waals surface area contributed by atoms with Gasteiger partial charge in [0.05, 0.1) is 13.7 Å². The lowest BCUT2D eigenvalue weighted by molar-refractivity contribution is -0.558. The van der Waals surface area contributed by atoms with Crippen molar-refractivity contribution >= 4 is 16.2 Å². The minimum Gasteiger partial charge on any atom is -0.495 e. The van der Waals surface area contributed by atoms with Gasteiger partial charge >= 0.3 is 0 Å². The maximum absolute atomic E-state index is 13.4. The average molecular weight is 516 g/mol. The fourth-order valence-corrected chi connectivity index (χ4v) is 4.53. The third-order valence-corrected chi connectivity index (χ3v) is 6.50. The van der Waals surface area contributed by atoms with E-state index in [1.165, 1.54) is 25.3 Å². The first-order chi connectivity index (χ1) is 17.2. The second-order valence-corrected chi connectivity index (χ2v) is 9.76. The van der Waals surface area contributed by atoms with Crippen molar-refractivity contribution in [3.05, 3.63) is 83.7 Å². The summed E-state index contributed by atoms with van der Waals surface area (Å²) in [5, 5.41) is 5.38. The highest BCUT2D eigenvalue weighted by Crippen LogP contribution is 2.27. The van der Waals surface area contributed by atoms with Crippen LogP contribution in [-0.4, -0.2) is 52.1 Å². The van der Waals surface area contributed by atoms with Gasteiger partial charge in [0.15, 0.2) is 30.3 Å². The lowest BCUT2D eigenvalue weighted by atomic mass is 10.1. The molecule has 0 spiro atoms. The summed E-state index contributed by atoms with van der Waals surface area (Å²) in [6, 6.07) is 18.6. The zero-order chi connectivity index (χ0) is 26.1. The quantitative estimate of drug-likeness (QED) is 0.291. The summed E-state index contributed by atoms with van der Waals surface area (Å²) >= 11 is 0. The Labute approximate surface area is 212 Å². The van der Waals surface area contributed by atoms with E-state index in [0.717, 1.165) is 11.1 Å². The topological polar surface area (TPSA) is 90.9 Å². The Bertz CT molecular complexity index is 1290. The number of hydrogen-bond donors (Lipinski definition) is 1. The van der Waals surface area contributed by atoms with Crippen molar-refractivity contribution in [2.75, 3.05) is 26.9 Å². The number of methoxy groups -OCH3 is 1. The van der Waals surface area contributed by atoms with E-state index in [2.05, 4.69) is 4.58 Å². The second kappa shape index (κ2) is 12.5. The molecule has 3 aromatic rings. The number of ether oxygens (including phenoxy) is 3. The number of benzene rings is 3. The molecular formula is C27H32FN2O5S+. The molecule has 3 aromatic carbocycles. The van der Waals surface area contributed by atoms with Crippen molar-refractivity contribution in [1.29, 1.82) is 0 Å². The number of nitrogens with zero attached hydrogens (tertiary/aromatic N) is 1. The molecule has 1 unspecified atom stereocenters. The molecule has 3 rings (SSSR count). The molecule has 0 saturated heterocycles. The number of rotatable bonds is 12. The number of sulfonamides is 1. The van der Waals surface area contributed by atoms with Crippen LogP contribution in [0.15, 0.2) is 71.6 Å². The molecule has 0 aromatic heterocycles. The molecule has 0 aliphatic carbocycles. The van der Waals surface area contributed by atoms with Crippen LogP contribution in [0.3, 0.4) is 0 Å². The molecule has 0 heterocycles. The molecule has 1 atom stereocenters.